The van der Waals surface area contributed by atoms with Gasteiger partial charge in [-0.25, -0.2) is 0 Å². The van der Waals surface area contributed by atoms with Crippen molar-refractivity contribution in [2.45, 2.75) is 0 Å². The fraction of sp³-hybridized carbons (Fsp3) is 0. The van der Waals surface area contributed by atoms with Gasteiger partial charge >= 0.3 is 0 Å². The number of rotatable bonds is 0. The topological polar surface area (TPSA) is 0 Å². The predicted molar refractivity (Wildman–Crippen MR) is 27.4 cm³/mol. The van der Waals surface area contributed by atoms with Crippen molar-refractivity contribution in [3.8, 4) is 0 Å². The van der Waals surface area contributed by atoms with Crippen molar-refractivity contribution in [3.05, 3.63) is 9.90 Å². The van der Waals surface area contributed by atoms with E-state index in [9.17, 15) is 0 Å². The van der Waals surface area contributed by atoms with Crippen molar-refractivity contribution in [1.29, 1.82) is 0 Å². The average Bonchev–Trinajstić information content (AvgIpc) is 1.38. The highest BCUT2D eigenvalue weighted by molar-refractivity contribution is 7.86. The van der Waals surface area contributed by atoms with Crippen LogP contribution in [-0.2, 0) is 0 Å². The van der Waals surface area contributed by atoms with Crippen LogP contribution >= 0.6 is 35.8 Å². The third-order valence-electron chi connectivity index (χ3n) is 0.0858. The first-order valence-electron chi connectivity index (χ1n) is 0.900. The summed E-state index contributed by atoms with van der Waals surface area (Å²) in [4.78, 5) is 0. The molecule has 0 heterocycles. The lowest BCUT2D eigenvalue weighted by Crippen LogP contribution is -1.34. The molecule has 0 N–H and O–H groups in total. The van der Waals surface area contributed by atoms with E-state index in [1.165, 1.54) is 0 Å². The second-order valence-electron chi connectivity index (χ2n) is 0.413. The van der Waals surface area contributed by atoms with Crippen LogP contribution in [0.4, 0.5) is 0 Å². The minimum atomic E-state index is 0.201. The third kappa shape index (κ3) is 4.54. The molecule has 0 amide bonds. The van der Waals surface area contributed by atoms with Crippen molar-refractivity contribution < 1.29 is 0 Å². The Morgan fingerprint density at radius 1 is 1.80 bits per heavy atom. The monoisotopic (exact) mass is 127 g/mol. The lowest BCUT2D eigenvalue weighted by molar-refractivity contribution is 2.41. The normalized spacial score (nSPS) is 12.0. The summed E-state index contributed by atoms with van der Waals surface area (Å²) < 4.78 is 0.201. The quantitative estimate of drug-likeness (QED) is 0.470. The van der Waals surface area contributed by atoms with Crippen molar-refractivity contribution in [2.75, 3.05) is 0 Å². The SMILES string of the molecule is [S]C(Cl)=CCl. The highest BCUT2D eigenvalue weighted by atomic mass is 35.5. The minimum Gasteiger partial charge on any atom is -0.0904 e. The first kappa shape index (κ1) is 5.54. The van der Waals surface area contributed by atoms with Gasteiger partial charge in [-0.2, -0.15) is 0 Å². The molecule has 0 unspecified atom stereocenters. The molecule has 5 heavy (non-hydrogen) atoms. The highest BCUT2D eigenvalue weighted by Crippen LogP contribution is 2.05. The van der Waals surface area contributed by atoms with Gasteiger partial charge in [0.25, 0.3) is 0 Å². The highest BCUT2D eigenvalue weighted by Gasteiger charge is 1.70. The summed E-state index contributed by atoms with van der Waals surface area (Å²) in [6.07, 6.45) is 0. The molecule has 0 nitrogen and oxygen atoms in total. The predicted octanol–water partition coefficient (Wildman–Crippen LogP) is 2.46. The van der Waals surface area contributed by atoms with Gasteiger partial charge in [0, 0.05) is 5.54 Å². The van der Waals surface area contributed by atoms with E-state index in [0.717, 1.165) is 5.54 Å². The molecular formula is C2HCl2S. The molecule has 0 aromatic carbocycles. The molecule has 0 aliphatic rings. The van der Waals surface area contributed by atoms with Crippen LogP contribution in [0.15, 0.2) is 9.90 Å². The molecule has 0 aromatic heterocycles. The molecule has 0 spiro atoms. The number of hydrogen-bond acceptors (Lipinski definition) is 0. The fourth-order valence-corrected chi connectivity index (χ4v) is 0. The Hall–Kier alpha value is 0.540. The van der Waals surface area contributed by atoms with Crippen LogP contribution in [0.2, 0.25) is 0 Å². The maximum atomic E-state index is 5.01. The Bertz CT molecular complexity index is 45.6. The Labute approximate surface area is 46.2 Å². The van der Waals surface area contributed by atoms with E-state index in [4.69, 9.17) is 23.2 Å². The van der Waals surface area contributed by atoms with E-state index in [0.29, 0.717) is 0 Å². The number of hydrogen-bond donors (Lipinski definition) is 0. The minimum absolute atomic E-state index is 0.201. The maximum absolute atomic E-state index is 5.01. The van der Waals surface area contributed by atoms with Crippen molar-refractivity contribution in [3.63, 3.8) is 0 Å². The standard InChI is InChI=1S/C2HCl2S/c3-1-2(4)5/h1H. The van der Waals surface area contributed by atoms with Crippen LogP contribution in [0, 0.1) is 0 Å². The molecule has 0 aliphatic heterocycles. The van der Waals surface area contributed by atoms with E-state index in [1.807, 2.05) is 0 Å². The molecule has 3 heteroatoms. The zero-order chi connectivity index (χ0) is 4.28. The van der Waals surface area contributed by atoms with Crippen molar-refractivity contribution >= 4 is 35.8 Å². The molecule has 0 atom stereocenters. The Morgan fingerprint density at radius 2 is 2.00 bits per heavy atom. The maximum Gasteiger partial charge on any atom is 0.115 e. The van der Waals surface area contributed by atoms with Gasteiger partial charge in [0.05, 0.1) is 0 Å². The van der Waals surface area contributed by atoms with Crippen LogP contribution in [0.5, 0.6) is 0 Å². The van der Waals surface area contributed by atoms with Crippen molar-refractivity contribution in [2.24, 2.45) is 0 Å². The van der Waals surface area contributed by atoms with E-state index >= 15 is 0 Å². The van der Waals surface area contributed by atoms with E-state index in [-0.39, 0.29) is 4.36 Å². The van der Waals surface area contributed by atoms with Crippen molar-refractivity contribution in [1.82, 2.24) is 0 Å². The number of halogens is 2. The molecule has 0 saturated carbocycles. The van der Waals surface area contributed by atoms with E-state index in [1.54, 1.807) is 0 Å². The Balaban J connectivity index is 3.14. The van der Waals surface area contributed by atoms with Crippen LogP contribution < -0.4 is 0 Å². The molecule has 1 radical (unpaired) electrons. The van der Waals surface area contributed by atoms with Gasteiger partial charge in [-0.1, -0.05) is 35.8 Å². The summed E-state index contributed by atoms with van der Waals surface area (Å²) in [6.45, 7) is 0. The van der Waals surface area contributed by atoms with Gasteiger partial charge in [0.15, 0.2) is 0 Å². The lowest BCUT2D eigenvalue weighted by Gasteiger charge is -1.64. The van der Waals surface area contributed by atoms with Gasteiger partial charge < -0.3 is 0 Å². The average molecular weight is 128 g/mol. The molecule has 0 fully saturated rings. The summed E-state index contributed by atoms with van der Waals surface area (Å²) in [5, 5.41) is 0. The summed E-state index contributed by atoms with van der Waals surface area (Å²) >= 11 is 14.2. The van der Waals surface area contributed by atoms with Crippen LogP contribution in [0.25, 0.3) is 0 Å². The van der Waals surface area contributed by atoms with Gasteiger partial charge in [-0.15, -0.1) is 0 Å². The molecule has 0 bridgehead atoms. The van der Waals surface area contributed by atoms with E-state index in [2.05, 4.69) is 12.6 Å². The summed E-state index contributed by atoms with van der Waals surface area (Å²) in [5.74, 6) is 0. The second kappa shape index (κ2) is 2.76. The first-order valence-corrected chi connectivity index (χ1v) is 2.12. The summed E-state index contributed by atoms with van der Waals surface area (Å²) in [7, 11) is 0. The summed E-state index contributed by atoms with van der Waals surface area (Å²) in [6, 6.07) is 0. The Kier molecular flexibility index (Phi) is 3.06. The van der Waals surface area contributed by atoms with Gasteiger partial charge in [0.1, 0.15) is 4.36 Å². The molecule has 0 saturated heterocycles. The van der Waals surface area contributed by atoms with Gasteiger partial charge in [-0.05, 0) is 0 Å². The Morgan fingerprint density at radius 3 is 2.00 bits per heavy atom. The lowest BCUT2D eigenvalue weighted by atomic mass is 11.2. The molecule has 29 valence electrons. The molecular weight excluding hydrogens is 127 g/mol. The fourth-order valence-electron chi connectivity index (χ4n) is 0. The zero-order valence-electron chi connectivity index (χ0n) is 2.24. The van der Waals surface area contributed by atoms with Crippen LogP contribution in [-0.4, -0.2) is 0 Å². The zero-order valence-corrected chi connectivity index (χ0v) is 4.57. The summed E-state index contributed by atoms with van der Waals surface area (Å²) in [5.41, 5.74) is 1.14. The van der Waals surface area contributed by atoms with Crippen LogP contribution in [0.1, 0.15) is 0 Å². The second-order valence-corrected chi connectivity index (χ2v) is 1.70. The third-order valence-corrected chi connectivity index (χ3v) is 0.772. The first-order chi connectivity index (χ1) is 2.27. The smallest absolute Gasteiger partial charge is 0.0904 e. The largest absolute Gasteiger partial charge is 0.115 e. The molecule has 0 aliphatic carbocycles. The molecule has 0 rings (SSSR count). The van der Waals surface area contributed by atoms with Gasteiger partial charge in [-0.3, -0.25) is 0 Å². The van der Waals surface area contributed by atoms with E-state index < -0.39 is 0 Å². The van der Waals surface area contributed by atoms with Gasteiger partial charge in [0.2, 0.25) is 0 Å². The van der Waals surface area contributed by atoms with Crippen LogP contribution in [0.3, 0.4) is 0 Å². The molecule has 0 aromatic rings.